The second kappa shape index (κ2) is 4.93. The van der Waals surface area contributed by atoms with Crippen molar-refractivity contribution in [2.75, 3.05) is 0 Å². The first kappa shape index (κ1) is 12.2. The zero-order chi connectivity index (χ0) is 13.1. The van der Waals surface area contributed by atoms with Gasteiger partial charge in [-0.3, -0.25) is 10.1 Å². The summed E-state index contributed by atoms with van der Waals surface area (Å²) in [4.78, 5) is 10.1. The second-order valence-electron chi connectivity index (χ2n) is 3.81. The lowest BCUT2D eigenvalue weighted by Gasteiger charge is -2.11. The SMILES string of the molecule is O=[N+]([O-])c1cccc([C@H](O)c2ccc(F)cc2)c1. The van der Waals surface area contributed by atoms with Crippen LogP contribution in [0.25, 0.3) is 0 Å². The Labute approximate surface area is 102 Å². The van der Waals surface area contributed by atoms with Crippen molar-refractivity contribution in [3.8, 4) is 0 Å². The number of nitrogens with zero attached hydrogens (tertiary/aromatic N) is 1. The summed E-state index contributed by atoms with van der Waals surface area (Å²) in [6, 6.07) is 11.1. The molecule has 0 saturated carbocycles. The molecule has 0 bridgehead atoms. The van der Waals surface area contributed by atoms with Crippen molar-refractivity contribution in [3.05, 3.63) is 75.6 Å². The Bertz CT molecular complexity index is 569. The first-order chi connectivity index (χ1) is 8.58. The molecule has 1 atom stereocenters. The van der Waals surface area contributed by atoms with Crippen molar-refractivity contribution in [2.24, 2.45) is 0 Å². The van der Waals surface area contributed by atoms with Gasteiger partial charge in [-0.15, -0.1) is 0 Å². The van der Waals surface area contributed by atoms with Gasteiger partial charge in [0.2, 0.25) is 0 Å². The van der Waals surface area contributed by atoms with E-state index < -0.39 is 16.8 Å². The Morgan fingerprint density at radius 2 is 1.78 bits per heavy atom. The van der Waals surface area contributed by atoms with E-state index in [1.54, 1.807) is 6.07 Å². The van der Waals surface area contributed by atoms with Gasteiger partial charge in [0.25, 0.3) is 5.69 Å². The van der Waals surface area contributed by atoms with E-state index in [1.807, 2.05) is 0 Å². The first-order valence-electron chi connectivity index (χ1n) is 5.26. The van der Waals surface area contributed by atoms with Crippen LogP contribution in [0.2, 0.25) is 0 Å². The van der Waals surface area contributed by atoms with Crippen molar-refractivity contribution in [3.63, 3.8) is 0 Å². The number of non-ortho nitro benzene ring substituents is 1. The van der Waals surface area contributed by atoms with Gasteiger partial charge in [-0.2, -0.15) is 0 Å². The molecule has 5 heteroatoms. The van der Waals surface area contributed by atoms with Gasteiger partial charge in [-0.05, 0) is 23.3 Å². The lowest BCUT2D eigenvalue weighted by Crippen LogP contribution is -2.00. The van der Waals surface area contributed by atoms with Gasteiger partial charge >= 0.3 is 0 Å². The van der Waals surface area contributed by atoms with E-state index in [9.17, 15) is 19.6 Å². The van der Waals surface area contributed by atoms with Gasteiger partial charge in [0.1, 0.15) is 11.9 Å². The predicted molar refractivity (Wildman–Crippen MR) is 63.6 cm³/mol. The Balaban J connectivity index is 2.33. The minimum absolute atomic E-state index is 0.0892. The molecule has 0 aliphatic heterocycles. The third kappa shape index (κ3) is 2.52. The molecular formula is C13H10FNO3. The molecule has 2 rings (SSSR count). The average molecular weight is 247 g/mol. The van der Waals surface area contributed by atoms with Gasteiger partial charge in [0.05, 0.1) is 4.92 Å². The van der Waals surface area contributed by atoms with E-state index in [0.717, 1.165) is 0 Å². The topological polar surface area (TPSA) is 63.4 Å². The lowest BCUT2D eigenvalue weighted by molar-refractivity contribution is -0.385. The highest BCUT2D eigenvalue weighted by Gasteiger charge is 2.14. The molecule has 0 aliphatic rings. The fraction of sp³-hybridized carbons (Fsp3) is 0.0769. The normalized spacial score (nSPS) is 12.1. The number of nitro benzene ring substituents is 1. The molecule has 0 spiro atoms. The predicted octanol–water partition coefficient (Wildman–Crippen LogP) is 2.82. The first-order valence-corrected chi connectivity index (χ1v) is 5.26. The Morgan fingerprint density at radius 3 is 2.39 bits per heavy atom. The maximum absolute atomic E-state index is 12.8. The van der Waals surface area contributed by atoms with Gasteiger partial charge < -0.3 is 5.11 Å². The van der Waals surface area contributed by atoms with Crippen LogP contribution in [-0.4, -0.2) is 10.0 Å². The van der Waals surface area contributed by atoms with E-state index in [2.05, 4.69) is 0 Å². The Morgan fingerprint density at radius 1 is 1.11 bits per heavy atom. The number of hydrogen-bond acceptors (Lipinski definition) is 3. The second-order valence-corrected chi connectivity index (χ2v) is 3.81. The van der Waals surface area contributed by atoms with Crippen LogP contribution in [0.4, 0.5) is 10.1 Å². The van der Waals surface area contributed by atoms with Crippen molar-refractivity contribution >= 4 is 5.69 Å². The molecule has 0 aromatic heterocycles. The van der Waals surface area contributed by atoms with E-state index in [1.165, 1.54) is 42.5 Å². The van der Waals surface area contributed by atoms with Crippen molar-refractivity contribution < 1.29 is 14.4 Å². The van der Waals surface area contributed by atoms with E-state index in [4.69, 9.17) is 0 Å². The Hall–Kier alpha value is -2.27. The molecule has 2 aromatic rings. The highest BCUT2D eigenvalue weighted by molar-refractivity contribution is 5.38. The number of aliphatic hydroxyl groups is 1. The molecule has 1 N–H and O–H groups in total. The zero-order valence-electron chi connectivity index (χ0n) is 9.29. The maximum Gasteiger partial charge on any atom is 0.269 e. The summed E-state index contributed by atoms with van der Waals surface area (Å²) in [5.74, 6) is -0.398. The fourth-order valence-electron chi connectivity index (χ4n) is 1.65. The highest BCUT2D eigenvalue weighted by atomic mass is 19.1. The third-order valence-corrected chi connectivity index (χ3v) is 2.58. The van der Waals surface area contributed by atoms with Gasteiger partial charge in [0.15, 0.2) is 0 Å². The van der Waals surface area contributed by atoms with E-state index in [-0.39, 0.29) is 5.69 Å². The van der Waals surface area contributed by atoms with Crippen LogP contribution in [0.3, 0.4) is 0 Å². The molecule has 0 aliphatic carbocycles. The Kier molecular flexibility index (Phi) is 3.34. The van der Waals surface area contributed by atoms with Crippen LogP contribution in [-0.2, 0) is 0 Å². The molecule has 0 amide bonds. The third-order valence-electron chi connectivity index (χ3n) is 2.58. The molecule has 0 fully saturated rings. The van der Waals surface area contributed by atoms with Gasteiger partial charge in [-0.25, -0.2) is 4.39 Å². The van der Waals surface area contributed by atoms with Crippen molar-refractivity contribution in [2.45, 2.75) is 6.10 Å². The number of halogens is 1. The van der Waals surface area contributed by atoms with Crippen LogP contribution >= 0.6 is 0 Å². The minimum atomic E-state index is -1.01. The molecule has 2 aromatic carbocycles. The van der Waals surface area contributed by atoms with Crippen LogP contribution < -0.4 is 0 Å². The molecule has 0 heterocycles. The number of benzene rings is 2. The minimum Gasteiger partial charge on any atom is -0.384 e. The van der Waals surface area contributed by atoms with Crippen molar-refractivity contribution in [1.82, 2.24) is 0 Å². The van der Waals surface area contributed by atoms with Crippen LogP contribution in [0.5, 0.6) is 0 Å². The standard InChI is InChI=1S/C13H10FNO3/c14-11-6-4-9(5-7-11)13(16)10-2-1-3-12(8-10)15(17)18/h1-8,13,16H/t13-/m1/s1. The highest BCUT2D eigenvalue weighted by Crippen LogP contribution is 2.25. The summed E-state index contributed by atoms with van der Waals surface area (Å²) in [6.45, 7) is 0. The smallest absolute Gasteiger partial charge is 0.269 e. The van der Waals surface area contributed by atoms with Gasteiger partial charge in [0, 0.05) is 12.1 Å². The summed E-state index contributed by atoms with van der Waals surface area (Å²) in [7, 11) is 0. The van der Waals surface area contributed by atoms with Crippen LogP contribution in [0.1, 0.15) is 17.2 Å². The molecular weight excluding hydrogens is 237 g/mol. The summed E-state index contributed by atoms with van der Waals surface area (Å²) in [5.41, 5.74) is 0.793. The molecule has 0 radical (unpaired) electrons. The molecule has 92 valence electrons. The number of aliphatic hydroxyl groups excluding tert-OH is 1. The quantitative estimate of drug-likeness (QED) is 0.670. The molecule has 4 nitrogen and oxygen atoms in total. The monoisotopic (exact) mass is 247 g/mol. The maximum atomic E-state index is 12.8. The largest absolute Gasteiger partial charge is 0.384 e. The van der Waals surface area contributed by atoms with Gasteiger partial charge in [-0.1, -0.05) is 24.3 Å². The molecule has 0 unspecified atom stereocenters. The fourth-order valence-corrected chi connectivity index (χ4v) is 1.65. The molecule has 0 saturated heterocycles. The number of hydrogen-bond donors (Lipinski definition) is 1. The summed E-state index contributed by atoms with van der Waals surface area (Å²) in [5, 5.41) is 20.7. The number of rotatable bonds is 3. The number of nitro groups is 1. The lowest BCUT2D eigenvalue weighted by atomic mass is 10.0. The van der Waals surface area contributed by atoms with Crippen LogP contribution in [0, 0.1) is 15.9 Å². The summed E-state index contributed by atoms with van der Waals surface area (Å²) >= 11 is 0. The average Bonchev–Trinajstić information content (AvgIpc) is 2.39. The van der Waals surface area contributed by atoms with Crippen molar-refractivity contribution in [1.29, 1.82) is 0 Å². The summed E-state index contributed by atoms with van der Waals surface area (Å²) in [6.07, 6.45) is -1.01. The van der Waals surface area contributed by atoms with Crippen LogP contribution in [0.15, 0.2) is 48.5 Å². The van der Waals surface area contributed by atoms with E-state index >= 15 is 0 Å². The molecule has 18 heavy (non-hydrogen) atoms. The zero-order valence-corrected chi connectivity index (χ0v) is 9.29. The van der Waals surface area contributed by atoms with E-state index in [0.29, 0.717) is 11.1 Å². The summed E-state index contributed by atoms with van der Waals surface area (Å²) < 4.78 is 12.8.